The first-order valence-corrected chi connectivity index (χ1v) is 7.84. The van der Waals surface area contributed by atoms with E-state index >= 15 is 0 Å². The zero-order chi connectivity index (χ0) is 13.8. The van der Waals surface area contributed by atoms with E-state index in [0.29, 0.717) is 4.47 Å². The maximum atomic E-state index is 11.3. The fourth-order valence-corrected chi connectivity index (χ4v) is 2.35. The second-order valence-electron chi connectivity index (χ2n) is 3.51. The minimum absolute atomic E-state index is 0.00160. The molecule has 0 aromatic heterocycles. The van der Waals surface area contributed by atoms with Crippen molar-refractivity contribution in [3.05, 3.63) is 28.2 Å². The molecule has 0 saturated carbocycles. The summed E-state index contributed by atoms with van der Waals surface area (Å²) in [6.45, 7) is 1.48. The summed E-state index contributed by atoms with van der Waals surface area (Å²) in [7, 11) is -3.12. The maximum absolute atomic E-state index is 11.3. The summed E-state index contributed by atoms with van der Waals surface area (Å²) in [6.07, 6.45) is 0. The monoisotopic (exact) mass is 336 g/mol. The number of rotatable bonds is 6. The number of sulfone groups is 1. The van der Waals surface area contributed by atoms with Crippen LogP contribution in [-0.2, 0) is 9.84 Å². The highest BCUT2D eigenvalue weighted by Crippen LogP contribution is 2.29. The summed E-state index contributed by atoms with van der Waals surface area (Å²) < 4.78 is 28.3. The molecule has 0 atom stereocenters. The fraction of sp³-hybridized carbons (Fsp3) is 0.364. The minimum Gasteiger partial charge on any atom is -0.490 e. The lowest BCUT2D eigenvalue weighted by Crippen LogP contribution is -2.16. The summed E-state index contributed by atoms with van der Waals surface area (Å²) in [6, 6.07) is 4.61. The molecule has 5 nitrogen and oxygen atoms in total. The van der Waals surface area contributed by atoms with Gasteiger partial charge in [-0.3, -0.25) is 0 Å². The zero-order valence-electron chi connectivity index (χ0n) is 9.72. The van der Waals surface area contributed by atoms with Crippen LogP contribution in [0.15, 0.2) is 22.7 Å². The van der Waals surface area contributed by atoms with Crippen molar-refractivity contribution in [3.8, 4) is 5.75 Å². The Morgan fingerprint density at radius 3 is 2.67 bits per heavy atom. The van der Waals surface area contributed by atoms with E-state index in [0.717, 1.165) is 0 Å². The van der Waals surface area contributed by atoms with Gasteiger partial charge >= 0.3 is 5.97 Å². The van der Waals surface area contributed by atoms with Crippen molar-refractivity contribution in [1.29, 1.82) is 0 Å². The number of benzene rings is 1. The zero-order valence-corrected chi connectivity index (χ0v) is 12.1. The topological polar surface area (TPSA) is 80.7 Å². The summed E-state index contributed by atoms with van der Waals surface area (Å²) >= 11 is 3.18. The van der Waals surface area contributed by atoms with Crippen molar-refractivity contribution in [2.45, 2.75) is 6.92 Å². The first kappa shape index (κ1) is 15.0. The van der Waals surface area contributed by atoms with Crippen molar-refractivity contribution < 1.29 is 23.1 Å². The average Bonchev–Trinajstić information content (AvgIpc) is 2.30. The van der Waals surface area contributed by atoms with Crippen molar-refractivity contribution in [3.63, 3.8) is 0 Å². The van der Waals surface area contributed by atoms with Crippen LogP contribution in [0.3, 0.4) is 0 Å². The van der Waals surface area contributed by atoms with Gasteiger partial charge in [0.05, 0.1) is 10.2 Å². The molecule has 0 unspecified atom stereocenters. The van der Waals surface area contributed by atoms with Gasteiger partial charge < -0.3 is 9.84 Å². The van der Waals surface area contributed by atoms with E-state index in [-0.39, 0.29) is 29.4 Å². The number of para-hydroxylation sites is 1. The van der Waals surface area contributed by atoms with Crippen molar-refractivity contribution >= 4 is 31.7 Å². The lowest BCUT2D eigenvalue weighted by Gasteiger charge is -2.10. The first-order chi connectivity index (χ1) is 8.37. The number of carbonyl (C=O) groups is 1. The van der Waals surface area contributed by atoms with Gasteiger partial charge in [-0.15, -0.1) is 0 Å². The molecule has 1 rings (SSSR count). The molecule has 0 radical (unpaired) electrons. The Morgan fingerprint density at radius 2 is 2.11 bits per heavy atom. The number of carboxylic acid groups (broad SMARTS) is 1. The molecule has 0 fully saturated rings. The van der Waals surface area contributed by atoms with Gasteiger partial charge in [0.2, 0.25) is 0 Å². The molecule has 0 aliphatic carbocycles. The van der Waals surface area contributed by atoms with Gasteiger partial charge in [0.1, 0.15) is 17.9 Å². The molecule has 1 N–H and O–H groups in total. The molecule has 0 heterocycles. The molecular weight excluding hydrogens is 324 g/mol. The van der Waals surface area contributed by atoms with Crippen LogP contribution in [-0.4, -0.2) is 37.6 Å². The second kappa shape index (κ2) is 6.19. The third-order valence-electron chi connectivity index (χ3n) is 2.28. The van der Waals surface area contributed by atoms with Crippen LogP contribution >= 0.6 is 15.9 Å². The Labute approximate surface area is 114 Å². The van der Waals surface area contributed by atoms with E-state index in [1.165, 1.54) is 6.07 Å². The predicted molar refractivity (Wildman–Crippen MR) is 70.9 cm³/mol. The molecule has 1 aromatic carbocycles. The Kier molecular flexibility index (Phi) is 5.15. The highest BCUT2D eigenvalue weighted by atomic mass is 79.9. The molecule has 0 saturated heterocycles. The molecular formula is C11H13BrO5S. The summed E-state index contributed by atoms with van der Waals surface area (Å²) in [5.74, 6) is -1.07. The van der Waals surface area contributed by atoms with E-state index in [1.54, 1.807) is 19.1 Å². The molecule has 0 spiro atoms. The van der Waals surface area contributed by atoms with Crippen LogP contribution in [0.5, 0.6) is 5.75 Å². The third kappa shape index (κ3) is 3.99. The number of aromatic carboxylic acids is 1. The smallest absolute Gasteiger partial charge is 0.339 e. The van der Waals surface area contributed by atoms with E-state index in [1.807, 2.05) is 0 Å². The highest BCUT2D eigenvalue weighted by molar-refractivity contribution is 9.10. The summed E-state index contributed by atoms with van der Waals surface area (Å²) in [5.41, 5.74) is -0.00160. The molecule has 7 heteroatoms. The van der Waals surface area contributed by atoms with E-state index < -0.39 is 15.8 Å². The minimum atomic E-state index is -3.12. The Morgan fingerprint density at radius 1 is 1.44 bits per heavy atom. The molecule has 0 aliphatic heterocycles. The van der Waals surface area contributed by atoms with E-state index in [4.69, 9.17) is 9.84 Å². The molecule has 0 aliphatic rings. The largest absolute Gasteiger partial charge is 0.490 e. The second-order valence-corrected chi connectivity index (χ2v) is 6.83. The number of carboxylic acids is 1. The maximum Gasteiger partial charge on any atom is 0.339 e. The van der Waals surface area contributed by atoms with Crippen LogP contribution < -0.4 is 4.74 Å². The van der Waals surface area contributed by atoms with Crippen LogP contribution in [0, 0.1) is 0 Å². The normalized spacial score (nSPS) is 11.2. The SMILES string of the molecule is CCS(=O)(=O)CCOc1c(Br)cccc1C(=O)O. The molecule has 100 valence electrons. The van der Waals surface area contributed by atoms with Gasteiger partial charge in [-0.1, -0.05) is 13.0 Å². The van der Waals surface area contributed by atoms with Crippen molar-refractivity contribution in [2.24, 2.45) is 0 Å². The fourth-order valence-electron chi connectivity index (χ4n) is 1.24. The Bertz CT molecular complexity index is 538. The summed E-state index contributed by atoms with van der Waals surface area (Å²) in [4.78, 5) is 11.0. The van der Waals surface area contributed by atoms with Gasteiger partial charge in [-0.25, -0.2) is 13.2 Å². The van der Waals surface area contributed by atoms with Gasteiger partial charge in [0, 0.05) is 5.75 Å². The van der Waals surface area contributed by atoms with Crippen LogP contribution in [0.25, 0.3) is 0 Å². The highest BCUT2D eigenvalue weighted by Gasteiger charge is 2.15. The lowest BCUT2D eigenvalue weighted by molar-refractivity contribution is 0.0692. The predicted octanol–water partition coefficient (Wildman–Crippen LogP) is 1.96. The van der Waals surface area contributed by atoms with Crippen LogP contribution in [0.4, 0.5) is 0 Å². The van der Waals surface area contributed by atoms with E-state index in [9.17, 15) is 13.2 Å². The first-order valence-electron chi connectivity index (χ1n) is 5.22. The van der Waals surface area contributed by atoms with Crippen LogP contribution in [0.1, 0.15) is 17.3 Å². The molecule has 1 aromatic rings. The molecule has 0 bridgehead atoms. The van der Waals surface area contributed by atoms with E-state index in [2.05, 4.69) is 15.9 Å². The lowest BCUT2D eigenvalue weighted by atomic mass is 10.2. The summed E-state index contributed by atoms with van der Waals surface area (Å²) in [5, 5.41) is 8.98. The number of halogens is 1. The average molecular weight is 337 g/mol. The molecule has 18 heavy (non-hydrogen) atoms. The Balaban J connectivity index is 2.82. The van der Waals surface area contributed by atoms with Gasteiger partial charge in [-0.2, -0.15) is 0 Å². The van der Waals surface area contributed by atoms with Gasteiger partial charge in [-0.05, 0) is 28.1 Å². The van der Waals surface area contributed by atoms with Crippen molar-refractivity contribution in [1.82, 2.24) is 0 Å². The number of hydrogen-bond donors (Lipinski definition) is 1. The number of ether oxygens (including phenoxy) is 1. The van der Waals surface area contributed by atoms with Gasteiger partial charge in [0.15, 0.2) is 9.84 Å². The van der Waals surface area contributed by atoms with Gasteiger partial charge in [0.25, 0.3) is 0 Å². The quantitative estimate of drug-likeness (QED) is 0.858. The standard InChI is InChI=1S/C11H13BrO5S/c1-2-18(15,16)7-6-17-10-8(11(13)14)4-3-5-9(10)12/h3-5H,2,6-7H2,1H3,(H,13,14). The third-order valence-corrected chi connectivity index (χ3v) is 4.57. The molecule has 0 amide bonds. The Hall–Kier alpha value is -1.08. The van der Waals surface area contributed by atoms with Crippen LogP contribution in [0.2, 0.25) is 0 Å². The van der Waals surface area contributed by atoms with Crippen molar-refractivity contribution in [2.75, 3.05) is 18.1 Å². The number of hydrogen-bond acceptors (Lipinski definition) is 4.